The summed E-state index contributed by atoms with van der Waals surface area (Å²) in [6.45, 7) is -5.53. The standard InChI is InChI=1S/C7H9BrN2/c1-10(2)7-5-6(8)3-4-9-7/h3-5H,1-2H3/i1+1D3,2+1D3. The van der Waals surface area contributed by atoms with Crippen LogP contribution in [0.1, 0.15) is 8.22 Å². The van der Waals surface area contributed by atoms with E-state index in [1.165, 1.54) is 12.3 Å². The topological polar surface area (TPSA) is 16.1 Å². The lowest BCUT2D eigenvalue weighted by molar-refractivity contribution is 1.07. The molecule has 54 valence electrons. The van der Waals surface area contributed by atoms with Crippen molar-refractivity contribution >= 4 is 21.7 Å². The summed E-state index contributed by atoms with van der Waals surface area (Å²) in [5.74, 6) is -0.116. The second-order valence-corrected chi connectivity index (χ2v) is 2.58. The van der Waals surface area contributed by atoms with Gasteiger partial charge in [-0.25, -0.2) is 4.98 Å². The van der Waals surface area contributed by atoms with Crippen LogP contribution in [-0.4, -0.2) is 18.9 Å². The molecule has 0 radical (unpaired) electrons. The molecule has 0 fully saturated rings. The Balaban J connectivity index is 3.23. The highest BCUT2D eigenvalue weighted by Gasteiger charge is 1.94. The van der Waals surface area contributed by atoms with Gasteiger partial charge < -0.3 is 4.90 Å². The minimum Gasteiger partial charge on any atom is -0.363 e. The third-order valence-corrected chi connectivity index (χ3v) is 1.43. The van der Waals surface area contributed by atoms with Gasteiger partial charge in [0, 0.05) is 32.8 Å². The number of anilines is 1. The molecule has 0 saturated carbocycles. The molecule has 1 heterocycles. The van der Waals surface area contributed by atoms with Crippen LogP contribution >= 0.6 is 15.9 Å². The van der Waals surface area contributed by atoms with Crippen molar-refractivity contribution in [3.8, 4) is 0 Å². The Hall–Kier alpha value is -0.570. The smallest absolute Gasteiger partial charge is 0.129 e. The first-order valence-electron chi connectivity index (χ1n) is 5.54. The Morgan fingerprint density at radius 2 is 2.50 bits per heavy atom. The molecule has 0 aliphatic heterocycles. The molecular formula is C7H9BrN2. The van der Waals surface area contributed by atoms with Crippen LogP contribution in [0, 0.1) is 0 Å². The monoisotopic (exact) mass is 208 g/mol. The highest BCUT2D eigenvalue weighted by molar-refractivity contribution is 9.10. The molecule has 1 aromatic rings. The van der Waals surface area contributed by atoms with Gasteiger partial charge in [-0.1, -0.05) is 15.9 Å². The van der Waals surface area contributed by atoms with Gasteiger partial charge >= 0.3 is 0 Å². The molecule has 0 unspecified atom stereocenters. The molecular weight excluding hydrogens is 194 g/mol. The van der Waals surface area contributed by atoms with E-state index in [2.05, 4.69) is 20.9 Å². The molecule has 0 aliphatic rings. The van der Waals surface area contributed by atoms with E-state index in [1.807, 2.05) is 0 Å². The maximum absolute atomic E-state index is 7.20. The molecule has 0 spiro atoms. The predicted molar refractivity (Wildman–Crippen MR) is 46.3 cm³/mol. The van der Waals surface area contributed by atoms with Crippen LogP contribution in [0.4, 0.5) is 5.82 Å². The van der Waals surface area contributed by atoms with Gasteiger partial charge in [0.05, 0.1) is 0 Å². The van der Waals surface area contributed by atoms with Crippen molar-refractivity contribution in [3.63, 3.8) is 0 Å². The molecule has 0 bridgehead atoms. The summed E-state index contributed by atoms with van der Waals surface area (Å²) < 4.78 is 43.7. The SMILES string of the molecule is [2H][13C]([2H])([2H])N(c1cc(Br)ccn1)[13C]([2H])([2H])[2H]. The van der Waals surface area contributed by atoms with Gasteiger partial charge in [0.25, 0.3) is 0 Å². The van der Waals surface area contributed by atoms with E-state index in [-0.39, 0.29) is 5.82 Å². The number of nitrogens with zero attached hydrogens (tertiary/aromatic N) is 2. The van der Waals surface area contributed by atoms with Crippen LogP contribution in [0.25, 0.3) is 0 Å². The van der Waals surface area contributed by atoms with Gasteiger partial charge in [-0.15, -0.1) is 0 Å². The maximum Gasteiger partial charge on any atom is 0.129 e. The molecule has 3 heteroatoms. The number of rotatable bonds is 1. The summed E-state index contributed by atoms with van der Waals surface area (Å²) in [7, 11) is 0. The van der Waals surface area contributed by atoms with E-state index >= 15 is 0 Å². The van der Waals surface area contributed by atoms with E-state index in [0.717, 1.165) is 0 Å². The van der Waals surface area contributed by atoms with Crippen LogP contribution in [0.15, 0.2) is 22.8 Å². The van der Waals surface area contributed by atoms with Crippen molar-refractivity contribution in [1.29, 1.82) is 0 Å². The Kier molecular flexibility index (Phi) is 0.848. The van der Waals surface area contributed by atoms with Crippen LogP contribution in [0.3, 0.4) is 0 Å². The summed E-state index contributed by atoms with van der Waals surface area (Å²) in [5, 5.41) is 0. The molecule has 0 aliphatic carbocycles. The Morgan fingerprint density at radius 1 is 1.70 bits per heavy atom. The van der Waals surface area contributed by atoms with Crippen molar-refractivity contribution in [2.45, 2.75) is 0 Å². The largest absolute Gasteiger partial charge is 0.363 e. The molecule has 0 aromatic carbocycles. The van der Waals surface area contributed by atoms with E-state index in [9.17, 15) is 0 Å². The van der Waals surface area contributed by atoms with Crippen LogP contribution in [-0.2, 0) is 0 Å². The Morgan fingerprint density at radius 3 is 3.10 bits per heavy atom. The average molecular weight is 209 g/mol. The second kappa shape index (κ2) is 3.01. The summed E-state index contributed by atoms with van der Waals surface area (Å²) in [6.07, 6.45) is 1.34. The van der Waals surface area contributed by atoms with Crippen LogP contribution in [0.5, 0.6) is 0 Å². The zero-order valence-corrected chi connectivity index (χ0v) is 6.59. The Labute approximate surface area is 77.4 Å². The molecule has 0 amide bonds. The summed E-state index contributed by atoms with van der Waals surface area (Å²) in [5.41, 5.74) is 0. The fraction of sp³-hybridized carbons (Fsp3) is 0.286. The number of hydrogen-bond donors (Lipinski definition) is 0. The van der Waals surface area contributed by atoms with Crippen molar-refractivity contribution < 1.29 is 8.22 Å². The van der Waals surface area contributed by atoms with Crippen molar-refractivity contribution in [2.24, 2.45) is 0 Å². The fourth-order valence-electron chi connectivity index (χ4n) is 0.516. The molecule has 2 nitrogen and oxygen atoms in total. The van der Waals surface area contributed by atoms with Crippen molar-refractivity contribution in [3.05, 3.63) is 22.8 Å². The minimum absolute atomic E-state index is 0.116. The molecule has 1 rings (SSSR count). The summed E-state index contributed by atoms with van der Waals surface area (Å²) in [6, 6.07) is 2.93. The lowest BCUT2D eigenvalue weighted by atomic mass is 10.5. The first kappa shape index (κ1) is 2.81. The van der Waals surface area contributed by atoms with E-state index in [1.54, 1.807) is 6.07 Å². The second-order valence-electron chi connectivity index (χ2n) is 1.67. The Bertz CT molecular complexity index is 360. The van der Waals surface area contributed by atoms with Gasteiger partial charge in [-0.3, -0.25) is 0 Å². The molecule has 0 atom stereocenters. The minimum atomic E-state index is -2.76. The summed E-state index contributed by atoms with van der Waals surface area (Å²) >= 11 is 3.13. The van der Waals surface area contributed by atoms with Gasteiger partial charge in [-0.05, 0) is 12.1 Å². The number of aromatic nitrogens is 1. The fourth-order valence-corrected chi connectivity index (χ4v) is 0.839. The van der Waals surface area contributed by atoms with Gasteiger partial charge in [0.2, 0.25) is 0 Å². The lowest BCUT2D eigenvalue weighted by Crippen LogP contribution is -2.09. The molecule has 0 saturated heterocycles. The average Bonchev–Trinajstić information content (AvgIpc) is 1.97. The van der Waals surface area contributed by atoms with Crippen LogP contribution < -0.4 is 4.90 Å². The third kappa shape index (κ3) is 1.70. The number of hydrogen-bond acceptors (Lipinski definition) is 2. The predicted octanol–water partition coefficient (Wildman–Crippen LogP) is 1.91. The molecule has 1 aromatic heterocycles. The summed E-state index contributed by atoms with van der Waals surface area (Å²) in [4.78, 5) is 4.09. The van der Waals surface area contributed by atoms with Crippen molar-refractivity contribution in [2.75, 3.05) is 18.9 Å². The normalized spacial score (nSPS) is 20.9. The first-order valence-corrected chi connectivity index (χ1v) is 3.33. The number of halogens is 1. The van der Waals surface area contributed by atoms with E-state index in [4.69, 9.17) is 8.22 Å². The maximum atomic E-state index is 7.20. The van der Waals surface area contributed by atoms with E-state index in [0.29, 0.717) is 9.37 Å². The molecule has 10 heavy (non-hydrogen) atoms. The first-order chi connectivity index (χ1) is 7.12. The van der Waals surface area contributed by atoms with Crippen molar-refractivity contribution in [1.82, 2.24) is 4.98 Å². The van der Waals surface area contributed by atoms with Gasteiger partial charge in [0.1, 0.15) is 5.82 Å². The highest BCUT2D eigenvalue weighted by Crippen LogP contribution is 2.13. The highest BCUT2D eigenvalue weighted by atomic mass is 79.9. The molecule has 0 N–H and O–H groups in total. The lowest BCUT2D eigenvalue weighted by Gasteiger charge is -2.09. The quantitative estimate of drug-likeness (QED) is 0.656. The zero-order valence-electron chi connectivity index (χ0n) is 11.0. The van der Waals surface area contributed by atoms with Gasteiger partial charge in [0.15, 0.2) is 0 Å². The van der Waals surface area contributed by atoms with Gasteiger partial charge in [-0.2, -0.15) is 0 Å². The van der Waals surface area contributed by atoms with Crippen LogP contribution in [0.2, 0.25) is 0 Å². The zero-order chi connectivity index (χ0) is 12.6. The number of pyridine rings is 1. The third-order valence-electron chi connectivity index (χ3n) is 0.937. The van der Waals surface area contributed by atoms with E-state index < -0.39 is 14.0 Å².